The molecular formula is C12H14N2OS. The molecule has 2 aromatic rings. The lowest BCUT2D eigenvalue weighted by Crippen LogP contribution is -2.30. The van der Waals surface area contributed by atoms with E-state index >= 15 is 0 Å². The van der Waals surface area contributed by atoms with Gasteiger partial charge in [0.15, 0.2) is 0 Å². The number of benzene rings is 1. The van der Waals surface area contributed by atoms with Gasteiger partial charge in [0.05, 0.1) is 0 Å². The number of hydrogen-bond acceptors (Lipinski definition) is 4. The van der Waals surface area contributed by atoms with Gasteiger partial charge in [-0.3, -0.25) is 0 Å². The van der Waals surface area contributed by atoms with Gasteiger partial charge in [0.25, 0.3) is 0 Å². The summed E-state index contributed by atoms with van der Waals surface area (Å²) in [4.78, 5) is 4.07. The molecule has 0 amide bonds. The molecule has 4 heteroatoms. The van der Waals surface area contributed by atoms with E-state index in [0.29, 0.717) is 11.4 Å². The van der Waals surface area contributed by atoms with E-state index in [4.69, 9.17) is 5.73 Å². The number of aliphatic hydroxyl groups excluding tert-OH is 1. The van der Waals surface area contributed by atoms with Gasteiger partial charge in [-0.25, -0.2) is 4.98 Å². The van der Waals surface area contributed by atoms with Gasteiger partial charge in [0.2, 0.25) is 0 Å². The molecule has 16 heavy (non-hydrogen) atoms. The van der Waals surface area contributed by atoms with E-state index in [2.05, 4.69) is 4.98 Å². The molecule has 0 saturated heterocycles. The second-order valence-corrected chi connectivity index (χ2v) is 4.59. The molecular weight excluding hydrogens is 220 g/mol. The van der Waals surface area contributed by atoms with Crippen LogP contribution in [0, 0.1) is 0 Å². The summed E-state index contributed by atoms with van der Waals surface area (Å²) in [6, 6.07) is 9.61. The molecule has 0 fully saturated rings. The summed E-state index contributed by atoms with van der Waals surface area (Å²) in [6.07, 6.45) is 1.65. The molecule has 2 rings (SSSR count). The zero-order valence-electron chi connectivity index (χ0n) is 8.78. The Morgan fingerprint density at radius 3 is 2.69 bits per heavy atom. The predicted octanol–water partition coefficient (Wildman–Crippen LogP) is 1.75. The molecule has 0 aliphatic carbocycles. The Bertz CT molecular complexity index is 416. The lowest BCUT2D eigenvalue weighted by atomic mass is 10.0. The highest BCUT2D eigenvalue weighted by Crippen LogP contribution is 2.20. The van der Waals surface area contributed by atoms with Crippen molar-refractivity contribution in [2.45, 2.75) is 18.6 Å². The molecule has 0 saturated carbocycles. The Hall–Kier alpha value is -1.23. The zero-order valence-corrected chi connectivity index (χ0v) is 9.60. The lowest BCUT2D eigenvalue weighted by molar-refractivity contribution is 0.145. The van der Waals surface area contributed by atoms with Gasteiger partial charge in [0, 0.05) is 17.6 Å². The van der Waals surface area contributed by atoms with Crippen LogP contribution in [0.3, 0.4) is 0 Å². The van der Waals surface area contributed by atoms with Crippen LogP contribution in [0.15, 0.2) is 41.9 Å². The fourth-order valence-corrected chi connectivity index (χ4v) is 2.26. The van der Waals surface area contributed by atoms with Crippen LogP contribution in [0.1, 0.15) is 16.7 Å². The van der Waals surface area contributed by atoms with Crippen LogP contribution < -0.4 is 5.73 Å². The van der Waals surface area contributed by atoms with Gasteiger partial charge in [-0.15, -0.1) is 11.3 Å². The molecule has 3 nitrogen and oxygen atoms in total. The van der Waals surface area contributed by atoms with Crippen LogP contribution >= 0.6 is 11.3 Å². The van der Waals surface area contributed by atoms with E-state index in [-0.39, 0.29) is 6.04 Å². The molecule has 0 aliphatic heterocycles. The van der Waals surface area contributed by atoms with E-state index in [0.717, 1.165) is 5.56 Å². The first-order valence-corrected chi connectivity index (χ1v) is 6.02. The Kier molecular flexibility index (Phi) is 3.66. The number of nitrogens with zero attached hydrogens (tertiary/aromatic N) is 1. The smallest absolute Gasteiger partial charge is 0.123 e. The van der Waals surface area contributed by atoms with E-state index in [9.17, 15) is 5.11 Å². The second kappa shape index (κ2) is 5.21. The molecule has 3 N–H and O–H groups in total. The Morgan fingerprint density at radius 1 is 1.31 bits per heavy atom. The number of nitrogens with two attached hydrogens (primary N) is 1. The van der Waals surface area contributed by atoms with Crippen LogP contribution in [-0.4, -0.2) is 16.1 Å². The van der Waals surface area contributed by atoms with Crippen molar-refractivity contribution < 1.29 is 5.11 Å². The van der Waals surface area contributed by atoms with Crippen LogP contribution in [0.2, 0.25) is 0 Å². The Balaban J connectivity index is 2.01. The molecule has 1 aromatic carbocycles. The van der Waals surface area contributed by atoms with E-state index in [1.165, 1.54) is 11.3 Å². The Morgan fingerprint density at radius 2 is 2.06 bits per heavy atom. The third-order valence-corrected chi connectivity index (χ3v) is 3.27. The van der Waals surface area contributed by atoms with Gasteiger partial charge in [-0.05, 0) is 12.0 Å². The first-order chi connectivity index (χ1) is 7.77. The number of aromatic nitrogens is 1. The minimum atomic E-state index is -0.680. The summed E-state index contributed by atoms with van der Waals surface area (Å²) in [5.41, 5.74) is 7.09. The molecule has 1 aromatic heterocycles. The zero-order chi connectivity index (χ0) is 11.4. The van der Waals surface area contributed by atoms with Crippen molar-refractivity contribution in [1.82, 2.24) is 4.98 Å². The van der Waals surface area contributed by atoms with Crippen molar-refractivity contribution >= 4 is 11.3 Å². The van der Waals surface area contributed by atoms with Crippen molar-refractivity contribution in [3.8, 4) is 0 Å². The average Bonchev–Trinajstić information content (AvgIpc) is 2.83. The Labute approximate surface area is 98.6 Å². The number of aliphatic hydroxyl groups is 1. The molecule has 0 aliphatic rings. The van der Waals surface area contributed by atoms with Crippen LogP contribution in [0.4, 0.5) is 0 Å². The normalized spacial score (nSPS) is 14.6. The topological polar surface area (TPSA) is 59.1 Å². The van der Waals surface area contributed by atoms with Gasteiger partial charge < -0.3 is 10.8 Å². The maximum Gasteiger partial charge on any atom is 0.123 e. The molecule has 0 bridgehead atoms. The summed E-state index contributed by atoms with van der Waals surface area (Å²) in [5, 5.41) is 12.5. The maximum atomic E-state index is 9.96. The maximum absolute atomic E-state index is 9.96. The monoisotopic (exact) mass is 234 g/mol. The van der Waals surface area contributed by atoms with Crippen LogP contribution in [0.25, 0.3) is 0 Å². The fraction of sp³-hybridized carbons (Fsp3) is 0.250. The van der Waals surface area contributed by atoms with Crippen molar-refractivity contribution in [3.63, 3.8) is 0 Å². The molecule has 0 unspecified atom stereocenters. The number of rotatable bonds is 4. The molecule has 2 atom stereocenters. The highest BCUT2D eigenvalue weighted by atomic mass is 32.1. The third-order valence-electron chi connectivity index (χ3n) is 2.42. The van der Waals surface area contributed by atoms with Gasteiger partial charge in [-0.2, -0.15) is 0 Å². The highest BCUT2D eigenvalue weighted by Gasteiger charge is 2.19. The molecule has 84 valence electrons. The summed E-state index contributed by atoms with van der Waals surface area (Å²) < 4.78 is 0. The molecule has 1 heterocycles. The summed E-state index contributed by atoms with van der Waals surface area (Å²) in [6.45, 7) is 0. The lowest BCUT2D eigenvalue weighted by Gasteiger charge is -2.16. The first-order valence-electron chi connectivity index (χ1n) is 5.14. The van der Waals surface area contributed by atoms with Crippen molar-refractivity contribution in [2.24, 2.45) is 5.73 Å². The van der Waals surface area contributed by atoms with E-state index < -0.39 is 6.10 Å². The summed E-state index contributed by atoms with van der Waals surface area (Å²) >= 11 is 1.43. The number of hydrogen-bond donors (Lipinski definition) is 2. The second-order valence-electron chi connectivity index (χ2n) is 3.67. The highest BCUT2D eigenvalue weighted by molar-refractivity contribution is 7.09. The van der Waals surface area contributed by atoms with Crippen molar-refractivity contribution in [1.29, 1.82) is 0 Å². The largest absolute Gasteiger partial charge is 0.384 e. The van der Waals surface area contributed by atoms with Gasteiger partial charge in [0.1, 0.15) is 11.1 Å². The molecule has 0 radical (unpaired) electrons. The molecule has 0 spiro atoms. The van der Waals surface area contributed by atoms with Crippen LogP contribution in [-0.2, 0) is 6.42 Å². The first kappa shape index (κ1) is 11.3. The SMILES string of the molecule is N[C@@H](Cc1ccccc1)[C@@H](O)c1nccs1. The van der Waals surface area contributed by atoms with Gasteiger partial charge in [-0.1, -0.05) is 30.3 Å². The quantitative estimate of drug-likeness (QED) is 0.847. The minimum Gasteiger partial charge on any atom is -0.384 e. The third kappa shape index (κ3) is 2.66. The summed E-state index contributed by atoms with van der Waals surface area (Å²) in [5.74, 6) is 0. The predicted molar refractivity (Wildman–Crippen MR) is 65.2 cm³/mol. The van der Waals surface area contributed by atoms with Gasteiger partial charge >= 0.3 is 0 Å². The number of thiazole rings is 1. The standard InChI is InChI=1S/C12H14N2OS/c13-10(8-9-4-2-1-3-5-9)11(15)12-14-6-7-16-12/h1-7,10-11,15H,8,13H2/t10-,11+/m0/s1. The summed E-state index contributed by atoms with van der Waals surface area (Å²) in [7, 11) is 0. The average molecular weight is 234 g/mol. The van der Waals surface area contributed by atoms with Crippen molar-refractivity contribution in [2.75, 3.05) is 0 Å². The van der Waals surface area contributed by atoms with E-state index in [1.54, 1.807) is 6.20 Å². The van der Waals surface area contributed by atoms with Crippen molar-refractivity contribution in [3.05, 3.63) is 52.5 Å². The van der Waals surface area contributed by atoms with Crippen LogP contribution in [0.5, 0.6) is 0 Å². The van der Waals surface area contributed by atoms with E-state index in [1.807, 2.05) is 35.7 Å². The minimum absolute atomic E-state index is 0.312. The fourth-order valence-electron chi connectivity index (χ4n) is 1.56.